The molecule has 2 heterocycles. The number of fused-ring (bicyclic) bond motifs is 1. The van der Waals surface area contributed by atoms with Crippen molar-refractivity contribution in [1.82, 2.24) is 14.6 Å². The van der Waals surface area contributed by atoms with Gasteiger partial charge in [0, 0.05) is 5.56 Å². The number of aromatic carboxylic acids is 1. The van der Waals surface area contributed by atoms with Gasteiger partial charge in [-0.1, -0.05) is 26.0 Å². The second-order valence-electron chi connectivity index (χ2n) is 6.20. The molecule has 0 bridgehead atoms. The van der Waals surface area contributed by atoms with Gasteiger partial charge in [-0.2, -0.15) is 0 Å². The third-order valence-corrected chi connectivity index (χ3v) is 4.10. The van der Waals surface area contributed by atoms with Gasteiger partial charge in [-0.25, -0.2) is 14.3 Å². The molecule has 0 spiro atoms. The van der Waals surface area contributed by atoms with Gasteiger partial charge in [0.05, 0.1) is 30.1 Å². The standard InChI is InChI=1S/C18H20N4O3/c1-11(2)14(10-23)20-16-6-7-17-19-9-15(22(17)21-16)12-4-3-5-13(8-12)18(24)25/h3-9,11,14,23H,10H2,1-2H3,(H,20,21)(H,24,25)/t14-/m1/s1. The molecule has 0 saturated heterocycles. The average molecular weight is 340 g/mol. The Morgan fingerprint density at radius 1 is 1.28 bits per heavy atom. The Morgan fingerprint density at radius 3 is 2.76 bits per heavy atom. The highest BCUT2D eigenvalue weighted by atomic mass is 16.4. The Hall–Kier alpha value is -2.93. The molecule has 25 heavy (non-hydrogen) atoms. The lowest BCUT2D eigenvalue weighted by atomic mass is 10.1. The van der Waals surface area contributed by atoms with Gasteiger partial charge < -0.3 is 15.5 Å². The van der Waals surface area contributed by atoms with Crippen molar-refractivity contribution in [3.05, 3.63) is 48.2 Å². The SMILES string of the molecule is CC(C)[C@@H](CO)Nc1ccc2ncc(-c3cccc(C(=O)O)c3)n2n1. The topological polar surface area (TPSA) is 99.8 Å². The Labute approximate surface area is 145 Å². The minimum absolute atomic E-state index is 0.00876. The first-order chi connectivity index (χ1) is 12.0. The highest BCUT2D eigenvalue weighted by molar-refractivity contribution is 5.89. The molecule has 0 fully saturated rings. The van der Waals surface area contributed by atoms with E-state index in [0.29, 0.717) is 17.2 Å². The number of carboxylic acids is 1. The molecule has 0 saturated carbocycles. The first kappa shape index (κ1) is 16.9. The molecule has 7 nitrogen and oxygen atoms in total. The van der Waals surface area contributed by atoms with E-state index in [-0.39, 0.29) is 24.1 Å². The van der Waals surface area contributed by atoms with E-state index in [0.717, 1.165) is 5.56 Å². The Balaban J connectivity index is 2.01. The lowest BCUT2D eigenvalue weighted by Gasteiger charge is -2.20. The molecule has 0 aliphatic carbocycles. The number of nitrogens with zero attached hydrogens (tertiary/aromatic N) is 3. The summed E-state index contributed by atoms with van der Waals surface area (Å²) in [6.07, 6.45) is 1.67. The van der Waals surface area contributed by atoms with Crippen LogP contribution in [0, 0.1) is 5.92 Å². The van der Waals surface area contributed by atoms with E-state index in [9.17, 15) is 15.0 Å². The number of nitrogens with one attached hydrogen (secondary N) is 1. The molecule has 130 valence electrons. The number of carboxylic acid groups (broad SMARTS) is 1. The Kier molecular flexibility index (Phi) is 4.67. The van der Waals surface area contributed by atoms with E-state index in [1.807, 2.05) is 32.0 Å². The number of aliphatic hydroxyl groups is 1. The maximum atomic E-state index is 11.2. The second kappa shape index (κ2) is 6.90. The fourth-order valence-corrected chi connectivity index (χ4v) is 2.57. The van der Waals surface area contributed by atoms with Gasteiger partial charge in [0.25, 0.3) is 0 Å². The predicted octanol–water partition coefficient (Wildman–Crippen LogP) is 2.52. The summed E-state index contributed by atoms with van der Waals surface area (Å²) < 4.78 is 1.66. The number of aromatic nitrogens is 3. The van der Waals surface area contributed by atoms with E-state index >= 15 is 0 Å². The summed E-state index contributed by atoms with van der Waals surface area (Å²) in [6.45, 7) is 4.05. The van der Waals surface area contributed by atoms with Gasteiger partial charge in [0.2, 0.25) is 0 Å². The quantitative estimate of drug-likeness (QED) is 0.638. The van der Waals surface area contributed by atoms with Crippen molar-refractivity contribution >= 4 is 17.4 Å². The molecule has 0 aliphatic rings. The number of carbonyl (C=O) groups is 1. The van der Waals surface area contributed by atoms with Gasteiger partial charge in [-0.15, -0.1) is 5.10 Å². The van der Waals surface area contributed by atoms with Crippen molar-refractivity contribution < 1.29 is 15.0 Å². The first-order valence-corrected chi connectivity index (χ1v) is 8.05. The Morgan fingerprint density at radius 2 is 2.08 bits per heavy atom. The second-order valence-corrected chi connectivity index (χ2v) is 6.20. The number of anilines is 1. The summed E-state index contributed by atoms with van der Waals surface area (Å²) in [4.78, 5) is 15.5. The van der Waals surface area contributed by atoms with Crippen molar-refractivity contribution in [1.29, 1.82) is 0 Å². The van der Waals surface area contributed by atoms with Crippen molar-refractivity contribution in [3.8, 4) is 11.3 Å². The van der Waals surface area contributed by atoms with E-state index in [1.165, 1.54) is 0 Å². The number of aliphatic hydroxyl groups excluding tert-OH is 1. The molecular weight excluding hydrogens is 320 g/mol. The smallest absolute Gasteiger partial charge is 0.335 e. The van der Waals surface area contributed by atoms with E-state index in [4.69, 9.17) is 0 Å². The molecule has 2 aromatic heterocycles. The van der Waals surface area contributed by atoms with Crippen LogP contribution in [0.15, 0.2) is 42.6 Å². The minimum Gasteiger partial charge on any atom is -0.478 e. The van der Waals surface area contributed by atoms with E-state index in [2.05, 4.69) is 15.4 Å². The van der Waals surface area contributed by atoms with Gasteiger partial charge in [0.1, 0.15) is 5.82 Å². The zero-order chi connectivity index (χ0) is 18.0. The van der Waals surface area contributed by atoms with E-state index in [1.54, 1.807) is 28.9 Å². The Bertz CT molecular complexity index is 904. The fraction of sp³-hybridized carbons (Fsp3) is 0.278. The number of hydrogen-bond donors (Lipinski definition) is 3. The van der Waals surface area contributed by atoms with Crippen LogP contribution in [0.5, 0.6) is 0 Å². The molecule has 3 aromatic rings. The maximum absolute atomic E-state index is 11.2. The van der Waals surface area contributed by atoms with Crippen LogP contribution in [-0.4, -0.2) is 43.4 Å². The van der Waals surface area contributed by atoms with Crippen LogP contribution in [0.25, 0.3) is 16.9 Å². The van der Waals surface area contributed by atoms with Crippen molar-refractivity contribution in [2.24, 2.45) is 5.92 Å². The summed E-state index contributed by atoms with van der Waals surface area (Å²) in [5, 5.41) is 26.4. The first-order valence-electron chi connectivity index (χ1n) is 8.05. The summed E-state index contributed by atoms with van der Waals surface area (Å²) >= 11 is 0. The van der Waals surface area contributed by atoms with Crippen LogP contribution in [0.1, 0.15) is 24.2 Å². The molecule has 3 N–H and O–H groups in total. The van der Waals surface area contributed by atoms with Gasteiger partial charge in [-0.05, 0) is 30.2 Å². The number of benzene rings is 1. The largest absolute Gasteiger partial charge is 0.478 e. The molecule has 7 heteroatoms. The molecule has 1 atom stereocenters. The zero-order valence-corrected chi connectivity index (χ0v) is 14.0. The lowest BCUT2D eigenvalue weighted by molar-refractivity contribution is 0.0697. The monoisotopic (exact) mass is 340 g/mol. The zero-order valence-electron chi connectivity index (χ0n) is 14.0. The number of rotatable bonds is 6. The molecular formula is C18H20N4O3. The predicted molar refractivity (Wildman–Crippen MR) is 94.7 cm³/mol. The van der Waals surface area contributed by atoms with Crippen LogP contribution in [0.3, 0.4) is 0 Å². The highest BCUT2D eigenvalue weighted by Crippen LogP contribution is 2.22. The van der Waals surface area contributed by atoms with Gasteiger partial charge in [-0.3, -0.25) is 0 Å². The molecule has 3 rings (SSSR count). The lowest BCUT2D eigenvalue weighted by Crippen LogP contribution is -2.30. The van der Waals surface area contributed by atoms with Crippen molar-refractivity contribution in [2.45, 2.75) is 19.9 Å². The van der Waals surface area contributed by atoms with Crippen LogP contribution in [0.2, 0.25) is 0 Å². The van der Waals surface area contributed by atoms with Crippen LogP contribution in [0.4, 0.5) is 5.82 Å². The van der Waals surface area contributed by atoms with E-state index < -0.39 is 5.97 Å². The van der Waals surface area contributed by atoms with Crippen LogP contribution >= 0.6 is 0 Å². The average Bonchev–Trinajstić information content (AvgIpc) is 3.02. The van der Waals surface area contributed by atoms with Crippen molar-refractivity contribution in [2.75, 3.05) is 11.9 Å². The number of hydrogen-bond acceptors (Lipinski definition) is 5. The maximum Gasteiger partial charge on any atom is 0.335 e. The molecule has 0 unspecified atom stereocenters. The fourth-order valence-electron chi connectivity index (χ4n) is 2.57. The molecule has 0 aliphatic heterocycles. The summed E-state index contributed by atoms with van der Waals surface area (Å²) in [5.41, 5.74) is 2.29. The third kappa shape index (κ3) is 3.46. The highest BCUT2D eigenvalue weighted by Gasteiger charge is 2.14. The van der Waals surface area contributed by atoms with Crippen LogP contribution < -0.4 is 5.32 Å². The molecule has 1 aromatic carbocycles. The minimum atomic E-state index is -0.978. The summed E-state index contributed by atoms with van der Waals surface area (Å²) in [7, 11) is 0. The van der Waals surface area contributed by atoms with Crippen molar-refractivity contribution in [3.63, 3.8) is 0 Å². The summed E-state index contributed by atoms with van der Waals surface area (Å²) in [5.74, 6) is -0.111. The summed E-state index contributed by atoms with van der Waals surface area (Å²) in [6, 6.07) is 10.2. The third-order valence-electron chi connectivity index (χ3n) is 4.10. The normalized spacial score (nSPS) is 12.5. The van der Waals surface area contributed by atoms with Crippen LogP contribution in [-0.2, 0) is 0 Å². The molecule has 0 radical (unpaired) electrons. The van der Waals surface area contributed by atoms with Gasteiger partial charge in [0.15, 0.2) is 5.65 Å². The van der Waals surface area contributed by atoms with Gasteiger partial charge >= 0.3 is 5.97 Å². The molecule has 0 amide bonds. The number of imidazole rings is 1.